The van der Waals surface area contributed by atoms with Gasteiger partial charge in [-0.15, -0.1) is 0 Å². The summed E-state index contributed by atoms with van der Waals surface area (Å²) in [6, 6.07) is 6.25. The highest BCUT2D eigenvalue weighted by Gasteiger charge is 2.21. The number of nitrogens with two attached hydrogens (primary N) is 1. The van der Waals surface area contributed by atoms with Crippen LogP contribution in [0.25, 0.3) is 0 Å². The third-order valence-corrected chi connectivity index (χ3v) is 5.36. The van der Waals surface area contributed by atoms with E-state index in [0.717, 1.165) is 0 Å². The van der Waals surface area contributed by atoms with Gasteiger partial charge in [-0.25, -0.2) is 19.2 Å². The molecule has 0 atom stereocenters. The van der Waals surface area contributed by atoms with Crippen LogP contribution in [0.15, 0.2) is 39.8 Å². The van der Waals surface area contributed by atoms with E-state index in [0.29, 0.717) is 18.8 Å². The molecule has 2 aromatic rings. The maximum absolute atomic E-state index is 12.5. The standard InChI is InChI=1S/C11H9BrClIN4O2S/c12-6-3-10(11(17-15)16-5-6)21(19,20)18-9-2-1-7(13)4-8(9)14/h1-5,18H,15H2,(H,16,17). The van der Waals surface area contributed by atoms with E-state index in [1.165, 1.54) is 12.3 Å². The summed E-state index contributed by atoms with van der Waals surface area (Å²) in [6.45, 7) is 0. The van der Waals surface area contributed by atoms with Crippen LogP contribution in [0.5, 0.6) is 0 Å². The molecule has 0 unspecified atom stereocenters. The second kappa shape index (κ2) is 6.65. The van der Waals surface area contributed by atoms with E-state index in [1.807, 2.05) is 22.6 Å². The Morgan fingerprint density at radius 1 is 1.33 bits per heavy atom. The normalized spacial score (nSPS) is 11.2. The lowest BCUT2D eigenvalue weighted by molar-refractivity contribution is 0.601. The first kappa shape index (κ1) is 16.7. The average molecular weight is 504 g/mol. The SMILES string of the molecule is NNc1ncc(Br)cc1S(=O)(=O)Nc1ccc(Cl)cc1I. The zero-order valence-corrected chi connectivity index (χ0v) is 15.6. The number of pyridine rings is 1. The Morgan fingerprint density at radius 2 is 2.05 bits per heavy atom. The molecular formula is C11H9BrClIN4O2S. The van der Waals surface area contributed by atoms with Crippen LogP contribution in [0.3, 0.4) is 0 Å². The highest BCUT2D eigenvalue weighted by molar-refractivity contribution is 14.1. The largest absolute Gasteiger partial charge is 0.307 e. The van der Waals surface area contributed by atoms with Crippen LogP contribution in [0.4, 0.5) is 11.5 Å². The van der Waals surface area contributed by atoms with Crippen molar-refractivity contribution in [1.82, 2.24) is 4.98 Å². The van der Waals surface area contributed by atoms with E-state index in [2.05, 4.69) is 31.1 Å². The number of anilines is 2. The first-order valence-corrected chi connectivity index (χ1v) is 9.17. The predicted molar refractivity (Wildman–Crippen MR) is 94.7 cm³/mol. The minimum absolute atomic E-state index is 0.0506. The number of hydrazine groups is 1. The number of halogens is 3. The van der Waals surface area contributed by atoms with Crippen LogP contribution in [0.1, 0.15) is 0 Å². The van der Waals surface area contributed by atoms with Crippen molar-refractivity contribution in [2.75, 3.05) is 10.1 Å². The molecule has 21 heavy (non-hydrogen) atoms. The molecule has 112 valence electrons. The molecule has 0 fully saturated rings. The second-order valence-electron chi connectivity index (χ2n) is 3.87. The van der Waals surface area contributed by atoms with Gasteiger partial charge in [0, 0.05) is 19.3 Å². The first-order chi connectivity index (χ1) is 9.83. The second-order valence-corrected chi connectivity index (χ2v) is 8.04. The van der Waals surface area contributed by atoms with Crippen molar-refractivity contribution in [2.24, 2.45) is 5.84 Å². The summed E-state index contributed by atoms with van der Waals surface area (Å²) in [5.74, 6) is 5.35. The Bertz CT molecular complexity index is 788. The number of rotatable bonds is 4. The third-order valence-electron chi connectivity index (χ3n) is 2.42. The van der Waals surface area contributed by atoms with Crippen LogP contribution in [-0.4, -0.2) is 13.4 Å². The summed E-state index contributed by atoms with van der Waals surface area (Å²) < 4.78 is 28.6. The molecule has 6 nitrogen and oxygen atoms in total. The fourth-order valence-corrected chi connectivity index (χ4v) is 4.40. The monoisotopic (exact) mass is 502 g/mol. The molecule has 10 heteroatoms. The molecule has 1 aromatic heterocycles. The third kappa shape index (κ3) is 3.97. The summed E-state index contributed by atoms with van der Waals surface area (Å²) >= 11 is 11.0. The van der Waals surface area contributed by atoms with Crippen LogP contribution in [-0.2, 0) is 10.0 Å². The van der Waals surface area contributed by atoms with Gasteiger partial charge in [-0.3, -0.25) is 4.72 Å². The van der Waals surface area contributed by atoms with Gasteiger partial charge in [0.25, 0.3) is 10.0 Å². The van der Waals surface area contributed by atoms with Crippen molar-refractivity contribution in [2.45, 2.75) is 4.90 Å². The molecule has 0 bridgehead atoms. The van der Waals surface area contributed by atoms with Crippen LogP contribution >= 0.6 is 50.1 Å². The van der Waals surface area contributed by atoms with Crippen molar-refractivity contribution >= 4 is 71.7 Å². The van der Waals surface area contributed by atoms with Gasteiger partial charge in [0.2, 0.25) is 0 Å². The van der Waals surface area contributed by atoms with Gasteiger partial charge in [-0.2, -0.15) is 0 Å². The number of nitrogens with zero attached hydrogens (tertiary/aromatic N) is 1. The topological polar surface area (TPSA) is 97.1 Å². The van der Waals surface area contributed by atoms with Crippen molar-refractivity contribution in [3.05, 3.63) is 43.5 Å². The molecule has 1 aromatic carbocycles. The number of aromatic nitrogens is 1. The average Bonchev–Trinajstić information content (AvgIpc) is 2.42. The fraction of sp³-hybridized carbons (Fsp3) is 0. The highest BCUT2D eigenvalue weighted by atomic mass is 127. The number of sulfonamides is 1. The van der Waals surface area contributed by atoms with Crippen molar-refractivity contribution in [3.8, 4) is 0 Å². The van der Waals surface area contributed by atoms with Gasteiger partial charge in [-0.1, -0.05) is 11.6 Å². The minimum atomic E-state index is -3.85. The lowest BCUT2D eigenvalue weighted by Crippen LogP contribution is -2.19. The Hall–Kier alpha value is -0.620. The van der Waals surface area contributed by atoms with E-state index in [1.54, 1.807) is 18.2 Å². The lowest BCUT2D eigenvalue weighted by Gasteiger charge is -2.12. The molecule has 0 aliphatic rings. The van der Waals surface area contributed by atoms with Crippen LogP contribution in [0.2, 0.25) is 5.02 Å². The smallest absolute Gasteiger partial charge is 0.265 e. The Balaban J connectivity index is 2.45. The predicted octanol–water partition coefficient (Wildman–Crippen LogP) is 3.19. The summed E-state index contributed by atoms with van der Waals surface area (Å²) in [5.41, 5.74) is 2.68. The molecule has 0 saturated carbocycles. The van der Waals surface area contributed by atoms with Crippen molar-refractivity contribution in [1.29, 1.82) is 0 Å². The summed E-state index contributed by atoms with van der Waals surface area (Å²) in [5, 5.41) is 0.524. The van der Waals surface area contributed by atoms with E-state index in [9.17, 15) is 8.42 Å². The first-order valence-electron chi connectivity index (χ1n) is 5.43. The molecule has 0 spiro atoms. The van der Waals surface area contributed by atoms with Crippen molar-refractivity contribution < 1.29 is 8.42 Å². The molecule has 0 amide bonds. The number of nitrogens with one attached hydrogen (secondary N) is 2. The van der Waals surface area contributed by atoms with Crippen molar-refractivity contribution in [3.63, 3.8) is 0 Å². The molecule has 0 aliphatic carbocycles. The summed E-state index contributed by atoms with van der Waals surface area (Å²) in [4.78, 5) is 3.85. The summed E-state index contributed by atoms with van der Waals surface area (Å²) in [6.07, 6.45) is 1.44. The molecule has 2 rings (SSSR count). The number of benzene rings is 1. The Labute approximate surface area is 148 Å². The van der Waals surface area contributed by atoms with Gasteiger partial charge in [0.05, 0.1) is 5.69 Å². The van der Waals surface area contributed by atoms with E-state index >= 15 is 0 Å². The zero-order valence-electron chi connectivity index (χ0n) is 10.3. The maximum Gasteiger partial charge on any atom is 0.265 e. The summed E-state index contributed by atoms with van der Waals surface area (Å²) in [7, 11) is -3.85. The molecule has 0 saturated heterocycles. The Kier molecular flexibility index (Phi) is 5.30. The van der Waals surface area contributed by atoms with Gasteiger partial charge < -0.3 is 5.43 Å². The number of hydrogen-bond acceptors (Lipinski definition) is 5. The van der Waals surface area contributed by atoms with E-state index in [-0.39, 0.29) is 10.7 Å². The van der Waals surface area contributed by atoms with Crippen LogP contribution in [0, 0.1) is 3.57 Å². The quantitative estimate of drug-likeness (QED) is 0.338. The van der Waals surface area contributed by atoms with E-state index < -0.39 is 10.0 Å². The number of nitrogen functional groups attached to an aromatic ring is 1. The zero-order chi connectivity index (χ0) is 15.6. The van der Waals surface area contributed by atoms with Crippen LogP contribution < -0.4 is 16.0 Å². The molecule has 0 radical (unpaired) electrons. The molecular weight excluding hydrogens is 494 g/mol. The maximum atomic E-state index is 12.5. The fourth-order valence-electron chi connectivity index (χ4n) is 1.51. The number of hydrogen-bond donors (Lipinski definition) is 3. The minimum Gasteiger partial charge on any atom is -0.307 e. The Morgan fingerprint density at radius 3 is 2.67 bits per heavy atom. The van der Waals surface area contributed by atoms with Gasteiger partial charge in [-0.05, 0) is 62.8 Å². The van der Waals surface area contributed by atoms with E-state index in [4.69, 9.17) is 17.4 Å². The molecule has 1 heterocycles. The van der Waals surface area contributed by atoms with Gasteiger partial charge in [0.1, 0.15) is 4.90 Å². The van der Waals surface area contributed by atoms with Gasteiger partial charge in [0.15, 0.2) is 5.82 Å². The molecule has 0 aliphatic heterocycles. The highest BCUT2D eigenvalue weighted by Crippen LogP contribution is 2.28. The molecule has 4 N–H and O–H groups in total. The lowest BCUT2D eigenvalue weighted by atomic mass is 10.3. The van der Waals surface area contributed by atoms with Gasteiger partial charge >= 0.3 is 0 Å².